The molecule has 0 bridgehead atoms. The lowest BCUT2D eigenvalue weighted by atomic mass is 9.99. The molecular formula is C28H32ClF6N3O4. The number of rotatable bonds is 8. The largest absolute Gasteiger partial charge is 0.506 e. The molecule has 0 saturated carbocycles. The summed E-state index contributed by atoms with van der Waals surface area (Å²) in [6.07, 6.45) is -9.99. The molecule has 2 saturated heterocycles. The van der Waals surface area contributed by atoms with Gasteiger partial charge in [0.05, 0.1) is 35.5 Å². The molecule has 2 aliphatic rings. The van der Waals surface area contributed by atoms with Crippen molar-refractivity contribution in [1.82, 2.24) is 14.7 Å². The van der Waals surface area contributed by atoms with Crippen molar-refractivity contribution in [3.05, 3.63) is 63.7 Å². The van der Waals surface area contributed by atoms with Gasteiger partial charge in [-0.15, -0.1) is 0 Å². The first-order valence-corrected chi connectivity index (χ1v) is 13.8. The molecule has 0 spiro atoms. The van der Waals surface area contributed by atoms with Crippen LogP contribution >= 0.6 is 11.6 Å². The van der Waals surface area contributed by atoms with E-state index in [0.717, 1.165) is 6.54 Å². The Labute approximate surface area is 244 Å². The summed E-state index contributed by atoms with van der Waals surface area (Å²) in [4.78, 5) is 19.2. The normalized spacial score (nSPS) is 21.1. The number of alkyl halides is 6. The quantitative estimate of drug-likeness (QED) is 0.427. The van der Waals surface area contributed by atoms with Crippen LogP contribution in [-0.2, 0) is 28.2 Å². The van der Waals surface area contributed by atoms with Gasteiger partial charge < -0.3 is 19.5 Å². The van der Waals surface area contributed by atoms with Crippen molar-refractivity contribution in [2.24, 2.45) is 0 Å². The Bertz CT molecular complexity index is 1210. The molecule has 1 amide bonds. The molecule has 0 aliphatic carbocycles. The minimum Gasteiger partial charge on any atom is -0.506 e. The van der Waals surface area contributed by atoms with E-state index in [-0.39, 0.29) is 35.9 Å². The molecule has 1 N–H and O–H groups in total. The standard InChI is InChI=1S/C28H32ClF6N3O4/c1-41-17-23-16-37(8-9-42-23)5-4-36-6-7-38(22(15-36)10-18-2-3-24(29)25(39)11-18)26(40)19-12-20(27(30,31)32)14-21(13-19)28(33,34)35/h2-3,11-14,22-23,39H,4-10,15-17H2,1H3. The number of hydrogen-bond acceptors (Lipinski definition) is 6. The van der Waals surface area contributed by atoms with E-state index < -0.39 is 41.0 Å². The highest BCUT2D eigenvalue weighted by molar-refractivity contribution is 6.32. The fraction of sp³-hybridized carbons (Fsp3) is 0.536. The lowest BCUT2D eigenvalue weighted by Gasteiger charge is -2.43. The molecule has 0 aromatic heterocycles. The van der Waals surface area contributed by atoms with Crippen LogP contribution in [0.3, 0.4) is 0 Å². The second-order valence-electron chi connectivity index (χ2n) is 10.5. The number of phenolic OH excluding ortho intramolecular Hbond substituents is 1. The van der Waals surface area contributed by atoms with Gasteiger partial charge in [0.15, 0.2) is 0 Å². The molecule has 4 rings (SSSR count). The molecule has 2 aromatic carbocycles. The molecular weight excluding hydrogens is 592 g/mol. The number of aromatic hydroxyl groups is 1. The van der Waals surface area contributed by atoms with Gasteiger partial charge in [-0.05, 0) is 42.3 Å². The third-order valence-electron chi connectivity index (χ3n) is 7.45. The number of morpholine rings is 1. The molecule has 2 aliphatic heterocycles. The topological polar surface area (TPSA) is 65.5 Å². The van der Waals surface area contributed by atoms with Gasteiger partial charge in [0.25, 0.3) is 5.91 Å². The zero-order valence-corrected chi connectivity index (χ0v) is 23.6. The maximum Gasteiger partial charge on any atom is 0.416 e. The summed E-state index contributed by atoms with van der Waals surface area (Å²) in [5.41, 5.74) is -3.17. The maximum absolute atomic E-state index is 13.6. The van der Waals surface area contributed by atoms with Crippen LogP contribution in [0.4, 0.5) is 26.3 Å². The molecule has 0 radical (unpaired) electrons. The van der Waals surface area contributed by atoms with Crippen LogP contribution in [0.25, 0.3) is 0 Å². The van der Waals surface area contributed by atoms with Crippen molar-refractivity contribution in [1.29, 1.82) is 0 Å². The van der Waals surface area contributed by atoms with Crippen molar-refractivity contribution < 1.29 is 45.7 Å². The lowest BCUT2D eigenvalue weighted by Crippen LogP contribution is -2.57. The summed E-state index contributed by atoms with van der Waals surface area (Å²) in [7, 11) is 1.60. The summed E-state index contributed by atoms with van der Waals surface area (Å²) in [5.74, 6) is -1.10. The van der Waals surface area contributed by atoms with E-state index in [1.807, 2.05) is 0 Å². The number of ether oxygens (including phenoxy) is 2. The van der Waals surface area contributed by atoms with Crippen LogP contribution in [0, 0.1) is 0 Å². The van der Waals surface area contributed by atoms with Gasteiger partial charge in [0.1, 0.15) is 5.75 Å². The summed E-state index contributed by atoms with van der Waals surface area (Å²) in [5, 5.41) is 10.2. The first-order chi connectivity index (χ1) is 19.7. The molecule has 2 unspecified atom stereocenters. The first-order valence-electron chi connectivity index (χ1n) is 13.4. The smallest absolute Gasteiger partial charge is 0.416 e. The van der Waals surface area contributed by atoms with E-state index in [1.54, 1.807) is 13.2 Å². The minimum absolute atomic E-state index is 0.00547. The van der Waals surface area contributed by atoms with Crippen molar-refractivity contribution in [2.75, 3.05) is 66.1 Å². The number of phenols is 1. The van der Waals surface area contributed by atoms with Crippen LogP contribution < -0.4 is 0 Å². The van der Waals surface area contributed by atoms with Crippen LogP contribution in [0.5, 0.6) is 5.75 Å². The molecule has 14 heteroatoms. The van der Waals surface area contributed by atoms with Gasteiger partial charge in [-0.3, -0.25) is 14.6 Å². The summed E-state index contributed by atoms with van der Waals surface area (Å²) in [6, 6.07) is 4.90. The maximum atomic E-state index is 13.6. The van der Waals surface area contributed by atoms with Gasteiger partial charge in [0.2, 0.25) is 0 Å². The number of hydrogen-bond donors (Lipinski definition) is 1. The zero-order valence-electron chi connectivity index (χ0n) is 22.8. The molecule has 7 nitrogen and oxygen atoms in total. The molecule has 2 atom stereocenters. The number of methoxy groups -OCH3 is 1. The molecule has 2 heterocycles. The van der Waals surface area contributed by atoms with Crippen LogP contribution in [0.15, 0.2) is 36.4 Å². The monoisotopic (exact) mass is 623 g/mol. The number of piperazine rings is 1. The van der Waals surface area contributed by atoms with Crippen LogP contribution in [-0.4, -0.2) is 104 Å². The summed E-state index contributed by atoms with van der Waals surface area (Å²) < 4.78 is 91.8. The van der Waals surface area contributed by atoms with Crippen LogP contribution in [0.1, 0.15) is 27.0 Å². The Morgan fingerprint density at radius 2 is 1.62 bits per heavy atom. The number of nitrogens with zero attached hydrogens (tertiary/aromatic N) is 3. The van der Waals surface area contributed by atoms with Gasteiger partial charge in [0, 0.05) is 64.5 Å². The van der Waals surface area contributed by atoms with E-state index >= 15 is 0 Å². The summed E-state index contributed by atoms with van der Waals surface area (Å²) >= 11 is 5.93. The zero-order chi connectivity index (χ0) is 30.7. The van der Waals surface area contributed by atoms with Crippen LogP contribution in [0.2, 0.25) is 5.02 Å². The van der Waals surface area contributed by atoms with E-state index in [1.165, 1.54) is 17.0 Å². The van der Waals surface area contributed by atoms with Crippen molar-refractivity contribution in [3.63, 3.8) is 0 Å². The predicted octanol–water partition coefficient (Wildman–Crippen LogP) is 4.80. The fourth-order valence-electron chi connectivity index (χ4n) is 5.32. The molecule has 232 valence electrons. The Morgan fingerprint density at radius 3 is 2.21 bits per heavy atom. The highest BCUT2D eigenvalue weighted by atomic mass is 35.5. The number of carbonyl (C=O) groups is 1. The van der Waals surface area contributed by atoms with E-state index in [2.05, 4.69) is 9.80 Å². The highest BCUT2D eigenvalue weighted by Gasteiger charge is 2.39. The van der Waals surface area contributed by atoms with E-state index in [0.29, 0.717) is 63.6 Å². The van der Waals surface area contributed by atoms with E-state index in [4.69, 9.17) is 21.1 Å². The van der Waals surface area contributed by atoms with Crippen molar-refractivity contribution >= 4 is 17.5 Å². The van der Waals surface area contributed by atoms with E-state index in [9.17, 15) is 36.2 Å². The second-order valence-corrected chi connectivity index (χ2v) is 10.9. The third-order valence-corrected chi connectivity index (χ3v) is 7.77. The van der Waals surface area contributed by atoms with Gasteiger partial charge in [-0.1, -0.05) is 17.7 Å². The third kappa shape index (κ3) is 8.28. The van der Waals surface area contributed by atoms with Crippen molar-refractivity contribution in [2.45, 2.75) is 30.9 Å². The van der Waals surface area contributed by atoms with Gasteiger partial charge in [-0.2, -0.15) is 26.3 Å². The van der Waals surface area contributed by atoms with Gasteiger partial charge in [-0.25, -0.2) is 0 Å². The Balaban J connectivity index is 1.56. The minimum atomic E-state index is -5.07. The summed E-state index contributed by atoms with van der Waals surface area (Å²) in [6.45, 7) is 4.60. The number of benzene rings is 2. The highest BCUT2D eigenvalue weighted by Crippen LogP contribution is 2.37. The SMILES string of the molecule is COCC1CN(CCN2CCN(C(=O)c3cc(C(F)(F)F)cc(C(F)(F)F)c3)C(Cc3ccc(Cl)c(O)c3)C2)CCO1. The Hall–Kier alpha value is -2.58. The number of halogens is 7. The number of carbonyl (C=O) groups excluding carboxylic acids is 1. The lowest BCUT2D eigenvalue weighted by molar-refractivity contribution is -0.143. The Morgan fingerprint density at radius 1 is 0.976 bits per heavy atom. The fourth-order valence-corrected chi connectivity index (χ4v) is 5.44. The van der Waals surface area contributed by atoms with Gasteiger partial charge >= 0.3 is 12.4 Å². The number of amides is 1. The van der Waals surface area contributed by atoms with Crippen molar-refractivity contribution in [3.8, 4) is 5.75 Å². The Kier molecular flexibility index (Phi) is 10.3. The average Bonchev–Trinajstić information content (AvgIpc) is 2.93. The first kappa shape index (κ1) is 32.3. The molecule has 42 heavy (non-hydrogen) atoms. The molecule has 2 fully saturated rings. The second kappa shape index (κ2) is 13.4. The average molecular weight is 624 g/mol. The molecule has 2 aromatic rings. The predicted molar refractivity (Wildman–Crippen MR) is 143 cm³/mol.